The van der Waals surface area contributed by atoms with E-state index in [1.165, 1.54) is 5.56 Å². The van der Waals surface area contributed by atoms with Crippen LogP contribution in [0, 0.1) is 0 Å². The van der Waals surface area contributed by atoms with Crippen LogP contribution in [0.3, 0.4) is 0 Å². The molecule has 4 nitrogen and oxygen atoms in total. The number of nitrogens with one attached hydrogen (secondary N) is 2. The second-order valence-electron chi connectivity index (χ2n) is 5.92. The van der Waals surface area contributed by atoms with Crippen molar-refractivity contribution < 1.29 is 9.53 Å². The van der Waals surface area contributed by atoms with Crippen LogP contribution in [0.1, 0.15) is 21.5 Å². The summed E-state index contributed by atoms with van der Waals surface area (Å²) in [4.78, 5) is 12.6. The van der Waals surface area contributed by atoms with Gasteiger partial charge in [0.15, 0.2) is 0 Å². The molecule has 4 heteroatoms. The first-order valence-electron chi connectivity index (χ1n) is 8.54. The molecule has 0 aromatic heterocycles. The molecular weight excluding hydrogens is 324 g/mol. The standard InChI is InChI=1S/C22H22N2O2/c1-26-19-13-11-18(12-14-19)16-24-22(25)20-9-5-6-10-21(20)23-15-17-7-3-2-4-8-17/h2-14,23H,15-16H2,1H3,(H,24,25). The van der Waals surface area contributed by atoms with Crippen LogP contribution in [0.4, 0.5) is 5.69 Å². The molecule has 0 aliphatic rings. The van der Waals surface area contributed by atoms with Gasteiger partial charge in [0.25, 0.3) is 5.91 Å². The van der Waals surface area contributed by atoms with E-state index in [1.807, 2.05) is 66.7 Å². The fourth-order valence-corrected chi connectivity index (χ4v) is 2.65. The fraction of sp³-hybridized carbons (Fsp3) is 0.136. The number of carbonyl (C=O) groups is 1. The number of hydrogen-bond donors (Lipinski definition) is 2. The lowest BCUT2D eigenvalue weighted by molar-refractivity contribution is 0.0951. The van der Waals surface area contributed by atoms with E-state index in [0.717, 1.165) is 17.0 Å². The van der Waals surface area contributed by atoms with Crippen molar-refractivity contribution in [1.82, 2.24) is 5.32 Å². The molecule has 1 amide bonds. The van der Waals surface area contributed by atoms with E-state index in [4.69, 9.17) is 4.74 Å². The monoisotopic (exact) mass is 346 g/mol. The molecule has 0 spiro atoms. The molecular formula is C22H22N2O2. The van der Waals surface area contributed by atoms with Gasteiger partial charge in [0.1, 0.15) is 5.75 Å². The number of hydrogen-bond acceptors (Lipinski definition) is 3. The maximum atomic E-state index is 12.6. The average Bonchev–Trinajstić information content (AvgIpc) is 2.72. The van der Waals surface area contributed by atoms with E-state index in [0.29, 0.717) is 18.7 Å². The zero-order valence-electron chi connectivity index (χ0n) is 14.7. The molecule has 0 saturated carbocycles. The number of ether oxygens (including phenoxy) is 1. The SMILES string of the molecule is COc1ccc(CNC(=O)c2ccccc2NCc2ccccc2)cc1. The van der Waals surface area contributed by atoms with Gasteiger partial charge >= 0.3 is 0 Å². The van der Waals surface area contributed by atoms with Gasteiger partial charge < -0.3 is 15.4 Å². The third-order valence-electron chi connectivity index (χ3n) is 4.11. The van der Waals surface area contributed by atoms with E-state index in [2.05, 4.69) is 22.8 Å². The van der Waals surface area contributed by atoms with Crippen LogP contribution in [-0.2, 0) is 13.1 Å². The first-order valence-corrected chi connectivity index (χ1v) is 8.54. The third kappa shape index (κ3) is 4.63. The highest BCUT2D eigenvalue weighted by molar-refractivity contribution is 5.99. The van der Waals surface area contributed by atoms with E-state index >= 15 is 0 Å². The summed E-state index contributed by atoms with van der Waals surface area (Å²) in [6.07, 6.45) is 0. The minimum absolute atomic E-state index is 0.100. The number of methoxy groups -OCH3 is 1. The molecule has 2 N–H and O–H groups in total. The second kappa shape index (κ2) is 8.72. The van der Waals surface area contributed by atoms with Crippen molar-refractivity contribution >= 4 is 11.6 Å². The van der Waals surface area contributed by atoms with Gasteiger partial charge in [0.2, 0.25) is 0 Å². The molecule has 0 radical (unpaired) electrons. The van der Waals surface area contributed by atoms with Gasteiger partial charge in [-0.25, -0.2) is 0 Å². The van der Waals surface area contributed by atoms with Crippen molar-refractivity contribution in [2.45, 2.75) is 13.1 Å². The van der Waals surface area contributed by atoms with Crippen LogP contribution in [0.2, 0.25) is 0 Å². The van der Waals surface area contributed by atoms with Crippen molar-refractivity contribution in [2.24, 2.45) is 0 Å². The Labute approximate surface area is 153 Å². The molecule has 0 saturated heterocycles. The average molecular weight is 346 g/mol. The summed E-state index contributed by atoms with van der Waals surface area (Å²) in [5, 5.41) is 6.32. The number of para-hydroxylation sites is 1. The Morgan fingerprint density at radius 2 is 1.46 bits per heavy atom. The van der Waals surface area contributed by atoms with Crippen molar-refractivity contribution in [2.75, 3.05) is 12.4 Å². The molecule has 0 atom stereocenters. The van der Waals surface area contributed by atoms with Crippen molar-refractivity contribution in [1.29, 1.82) is 0 Å². The maximum Gasteiger partial charge on any atom is 0.253 e. The number of rotatable bonds is 7. The first-order chi connectivity index (χ1) is 12.8. The molecule has 132 valence electrons. The van der Waals surface area contributed by atoms with Gasteiger partial charge in [-0.15, -0.1) is 0 Å². The van der Waals surface area contributed by atoms with Crippen LogP contribution in [0.5, 0.6) is 5.75 Å². The van der Waals surface area contributed by atoms with E-state index in [9.17, 15) is 4.79 Å². The second-order valence-corrected chi connectivity index (χ2v) is 5.92. The smallest absolute Gasteiger partial charge is 0.253 e. The molecule has 0 heterocycles. The van der Waals surface area contributed by atoms with Gasteiger partial charge in [0.05, 0.1) is 12.7 Å². The number of carbonyl (C=O) groups excluding carboxylic acids is 1. The van der Waals surface area contributed by atoms with Crippen LogP contribution < -0.4 is 15.4 Å². The summed E-state index contributed by atoms with van der Waals surface area (Å²) in [7, 11) is 1.64. The van der Waals surface area contributed by atoms with Gasteiger partial charge in [-0.1, -0.05) is 54.6 Å². The topological polar surface area (TPSA) is 50.4 Å². The summed E-state index contributed by atoms with van der Waals surface area (Å²) < 4.78 is 5.15. The summed E-state index contributed by atoms with van der Waals surface area (Å²) >= 11 is 0. The lowest BCUT2D eigenvalue weighted by Gasteiger charge is -2.12. The van der Waals surface area contributed by atoms with E-state index in [1.54, 1.807) is 7.11 Å². The Morgan fingerprint density at radius 3 is 2.19 bits per heavy atom. The van der Waals surface area contributed by atoms with Gasteiger partial charge in [-0.3, -0.25) is 4.79 Å². The molecule has 0 unspecified atom stereocenters. The summed E-state index contributed by atoms with van der Waals surface area (Å²) in [6.45, 7) is 1.14. The van der Waals surface area contributed by atoms with Gasteiger partial charge in [-0.2, -0.15) is 0 Å². The van der Waals surface area contributed by atoms with Crippen LogP contribution in [0.25, 0.3) is 0 Å². The highest BCUT2D eigenvalue weighted by Crippen LogP contribution is 2.17. The van der Waals surface area contributed by atoms with Crippen LogP contribution in [-0.4, -0.2) is 13.0 Å². The van der Waals surface area contributed by atoms with Gasteiger partial charge in [0, 0.05) is 18.8 Å². The van der Waals surface area contributed by atoms with Crippen LogP contribution in [0.15, 0.2) is 78.9 Å². The lowest BCUT2D eigenvalue weighted by atomic mass is 10.1. The largest absolute Gasteiger partial charge is 0.497 e. The van der Waals surface area contributed by atoms with Gasteiger partial charge in [-0.05, 0) is 35.4 Å². The summed E-state index contributed by atoms with van der Waals surface area (Å²) in [5.41, 5.74) is 3.65. The highest BCUT2D eigenvalue weighted by Gasteiger charge is 2.10. The molecule has 0 aliphatic carbocycles. The number of anilines is 1. The Bertz CT molecular complexity index is 846. The van der Waals surface area contributed by atoms with E-state index in [-0.39, 0.29) is 5.91 Å². The first kappa shape index (κ1) is 17.5. The zero-order valence-corrected chi connectivity index (χ0v) is 14.7. The molecule has 0 bridgehead atoms. The normalized spacial score (nSPS) is 10.2. The van der Waals surface area contributed by atoms with Crippen LogP contribution >= 0.6 is 0 Å². The van der Waals surface area contributed by atoms with Crippen molar-refractivity contribution in [3.8, 4) is 5.75 Å². The highest BCUT2D eigenvalue weighted by atomic mass is 16.5. The third-order valence-corrected chi connectivity index (χ3v) is 4.11. The predicted octanol–water partition coefficient (Wildman–Crippen LogP) is 4.24. The van der Waals surface area contributed by atoms with Crippen molar-refractivity contribution in [3.05, 3.63) is 95.6 Å². The Hall–Kier alpha value is -3.27. The lowest BCUT2D eigenvalue weighted by Crippen LogP contribution is -2.23. The fourth-order valence-electron chi connectivity index (χ4n) is 2.65. The predicted molar refractivity (Wildman–Crippen MR) is 104 cm³/mol. The molecule has 0 fully saturated rings. The maximum absolute atomic E-state index is 12.6. The summed E-state index contributed by atoms with van der Waals surface area (Å²) in [5.74, 6) is 0.701. The Balaban J connectivity index is 1.63. The molecule has 26 heavy (non-hydrogen) atoms. The van der Waals surface area contributed by atoms with Crippen molar-refractivity contribution in [3.63, 3.8) is 0 Å². The summed E-state index contributed by atoms with van der Waals surface area (Å²) in [6, 6.07) is 25.3. The minimum Gasteiger partial charge on any atom is -0.497 e. The minimum atomic E-state index is -0.100. The molecule has 0 aliphatic heterocycles. The quantitative estimate of drug-likeness (QED) is 0.673. The Morgan fingerprint density at radius 1 is 0.808 bits per heavy atom. The number of amides is 1. The Kier molecular flexibility index (Phi) is 5.88. The molecule has 3 rings (SSSR count). The molecule has 3 aromatic rings. The number of benzene rings is 3. The molecule has 3 aromatic carbocycles. The zero-order chi connectivity index (χ0) is 18.2. The van der Waals surface area contributed by atoms with E-state index < -0.39 is 0 Å².